The van der Waals surface area contributed by atoms with Crippen molar-refractivity contribution in [1.29, 1.82) is 0 Å². The zero-order valence-corrected chi connectivity index (χ0v) is 14.3. The van der Waals surface area contributed by atoms with Gasteiger partial charge >= 0.3 is 6.09 Å². The number of nitrogens with zero attached hydrogens (tertiary/aromatic N) is 2. The molecule has 1 aromatic rings. The molecule has 0 aliphatic carbocycles. The van der Waals surface area contributed by atoms with Gasteiger partial charge in [0.1, 0.15) is 11.4 Å². The number of hydrogen-bond acceptors (Lipinski definition) is 4. The van der Waals surface area contributed by atoms with Crippen molar-refractivity contribution in [2.24, 2.45) is 5.92 Å². The molecule has 1 amide bonds. The van der Waals surface area contributed by atoms with E-state index < -0.39 is 5.60 Å². The van der Waals surface area contributed by atoms with Crippen LogP contribution in [0.2, 0.25) is 0 Å². The predicted molar refractivity (Wildman–Crippen MR) is 86.5 cm³/mol. The van der Waals surface area contributed by atoms with Crippen molar-refractivity contribution in [3.8, 4) is 0 Å². The number of ether oxygens (including phenoxy) is 1. The van der Waals surface area contributed by atoms with Crippen molar-refractivity contribution >= 4 is 27.8 Å². The molecule has 1 atom stereocenters. The number of alkyl carbamates (subject to hydrolysis) is 1. The maximum Gasteiger partial charge on any atom is 0.407 e. The molecular weight excluding hydrogens is 334 g/mol. The zero-order valence-electron chi connectivity index (χ0n) is 12.7. The summed E-state index contributed by atoms with van der Waals surface area (Å²) in [4.78, 5) is 18.3. The van der Waals surface area contributed by atoms with Gasteiger partial charge in [0, 0.05) is 30.3 Å². The van der Waals surface area contributed by atoms with Crippen LogP contribution in [0.15, 0.2) is 22.8 Å². The van der Waals surface area contributed by atoms with Gasteiger partial charge in [0.25, 0.3) is 0 Å². The van der Waals surface area contributed by atoms with E-state index in [4.69, 9.17) is 4.74 Å². The third-order valence-electron chi connectivity index (χ3n) is 3.26. The first-order valence-electron chi connectivity index (χ1n) is 7.17. The summed E-state index contributed by atoms with van der Waals surface area (Å²) in [5.41, 5.74) is -0.451. The highest BCUT2D eigenvalue weighted by Crippen LogP contribution is 2.22. The first-order valence-corrected chi connectivity index (χ1v) is 7.96. The van der Waals surface area contributed by atoms with Crippen molar-refractivity contribution in [2.75, 3.05) is 24.5 Å². The normalized spacial score (nSPS) is 18.7. The number of carbonyl (C=O) groups is 1. The third-order valence-corrected chi connectivity index (χ3v) is 3.72. The van der Waals surface area contributed by atoms with Gasteiger partial charge in [0.15, 0.2) is 0 Å². The Kier molecular flexibility index (Phi) is 5.08. The van der Waals surface area contributed by atoms with E-state index in [1.807, 2.05) is 39.1 Å². The molecule has 1 saturated heterocycles. The number of halogens is 1. The lowest BCUT2D eigenvalue weighted by Gasteiger charge is -2.21. The molecule has 1 aromatic heterocycles. The first-order chi connectivity index (χ1) is 9.83. The van der Waals surface area contributed by atoms with Crippen molar-refractivity contribution in [3.05, 3.63) is 22.8 Å². The van der Waals surface area contributed by atoms with Gasteiger partial charge in [-0.2, -0.15) is 0 Å². The summed E-state index contributed by atoms with van der Waals surface area (Å²) in [7, 11) is 0. The minimum Gasteiger partial charge on any atom is -0.444 e. The number of hydrogen-bond donors (Lipinski definition) is 1. The van der Waals surface area contributed by atoms with Crippen molar-refractivity contribution in [1.82, 2.24) is 10.3 Å². The molecule has 1 fully saturated rings. The average molecular weight is 356 g/mol. The molecule has 0 unspecified atom stereocenters. The molecule has 2 rings (SSSR count). The Labute approximate surface area is 134 Å². The zero-order chi connectivity index (χ0) is 15.5. The Morgan fingerprint density at radius 2 is 2.29 bits per heavy atom. The van der Waals surface area contributed by atoms with E-state index in [0.717, 1.165) is 29.8 Å². The predicted octanol–water partition coefficient (Wildman–Crippen LogP) is 3.20. The van der Waals surface area contributed by atoms with Crippen LogP contribution in [-0.4, -0.2) is 36.3 Å². The molecule has 0 spiro atoms. The van der Waals surface area contributed by atoms with Crippen molar-refractivity contribution < 1.29 is 9.53 Å². The SMILES string of the molecule is CC(C)(C)OC(=O)NC[C@@H]1CCN(c2ccc(Br)cn2)C1. The average Bonchev–Trinajstić information content (AvgIpc) is 2.84. The fourth-order valence-corrected chi connectivity index (χ4v) is 2.54. The molecule has 2 heterocycles. The van der Waals surface area contributed by atoms with Crippen molar-refractivity contribution in [3.63, 3.8) is 0 Å². The van der Waals surface area contributed by atoms with E-state index in [1.54, 1.807) is 0 Å². The van der Waals surface area contributed by atoms with Crippen LogP contribution in [-0.2, 0) is 4.74 Å². The molecule has 0 bridgehead atoms. The second-order valence-corrected chi connectivity index (χ2v) is 7.23. The second-order valence-electron chi connectivity index (χ2n) is 6.32. The lowest BCUT2D eigenvalue weighted by molar-refractivity contribution is 0.0520. The summed E-state index contributed by atoms with van der Waals surface area (Å²) in [6.07, 6.45) is 2.51. The summed E-state index contributed by atoms with van der Waals surface area (Å²) >= 11 is 3.39. The smallest absolute Gasteiger partial charge is 0.407 e. The van der Waals surface area contributed by atoms with Crippen LogP contribution >= 0.6 is 15.9 Å². The van der Waals surface area contributed by atoms with Gasteiger partial charge in [-0.1, -0.05) is 0 Å². The minimum atomic E-state index is -0.451. The number of carbonyl (C=O) groups excluding carboxylic acids is 1. The largest absolute Gasteiger partial charge is 0.444 e. The second kappa shape index (κ2) is 6.64. The molecule has 6 heteroatoms. The Morgan fingerprint density at radius 1 is 1.52 bits per heavy atom. The summed E-state index contributed by atoms with van der Waals surface area (Å²) < 4.78 is 6.22. The number of rotatable bonds is 3. The van der Waals surface area contributed by atoms with Crippen LogP contribution in [0, 0.1) is 5.92 Å². The van der Waals surface area contributed by atoms with Crippen LogP contribution in [0.25, 0.3) is 0 Å². The summed E-state index contributed by atoms with van der Waals surface area (Å²) in [6, 6.07) is 4.00. The van der Waals surface area contributed by atoms with E-state index in [9.17, 15) is 4.79 Å². The minimum absolute atomic E-state index is 0.345. The molecule has 1 aliphatic rings. The van der Waals surface area contributed by atoms with Gasteiger partial charge < -0.3 is 15.0 Å². The molecule has 116 valence electrons. The van der Waals surface area contributed by atoms with Gasteiger partial charge in [-0.25, -0.2) is 9.78 Å². The van der Waals surface area contributed by atoms with E-state index in [2.05, 4.69) is 31.1 Å². The number of anilines is 1. The van der Waals surface area contributed by atoms with Gasteiger partial charge in [-0.05, 0) is 61.2 Å². The third kappa shape index (κ3) is 5.19. The molecule has 1 N–H and O–H groups in total. The lowest BCUT2D eigenvalue weighted by atomic mass is 10.1. The van der Waals surface area contributed by atoms with E-state index >= 15 is 0 Å². The quantitative estimate of drug-likeness (QED) is 0.904. The highest BCUT2D eigenvalue weighted by atomic mass is 79.9. The maximum absolute atomic E-state index is 11.6. The van der Waals surface area contributed by atoms with Crippen LogP contribution in [0.3, 0.4) is 0 Å². The molecule has 1 aliphatic heterocycles. The first kappa shape index (κ1) is 16.1. The number of pyridine rings is 1. The summed E-state index contributed by atoms with van der Waals surface area (Å²) in [6.45, 7) is 8.11. The van der Waals surface area contributed by atoms with E-state index in [1.165, 1.54) is 0 Å². The molecule has 0 aromatic carbocycles. The maximum atomic E-state index is 11.6. The fourth-order valence-electron chi connectivity index (χ4n) is 2.30. The van der Waals surface area contributed by atoms with Crippen molar-refractivity contribution in [2.45, 2.75) is 32.8 Å². The Hall–Kier alpha value is -1.30. The number of nitrogens with one attached hydrogen (secondary N) is 1. The molecule has 21 heavy (non-hydrogen) atoms. The van der Waals surface area contributed by atoms with Gasteiger partial charge in [0.2, 0.25) is 0 Å². The van der Waals surface area contributed by atoms with E-state index in [0.29, 0.717) is 12.5 Å². The van der Waals surface area contributed by atoms with Crippen LogP contribution in [0.5, 0.6) is 0 Å². The van der Waals surface area contributed by atoms with E-state index in [-0.39, 0.29) is 6.09 Å². The van der Waals surface area contributed by atoms with Crippen LogP contribution < -0.4 is 10.2 Å². The van der Waals surface area contributed by atoms with Gasteiger partial charge in [0.05, 0.1) is 0 Å². The van der Waals surface area contributed by atoms with Gasteiger partial charge in [-0.3, -0.25) is 0 Å². The molecule has 0 saturated carbocycles. The summed E-state index contributed by atoms with van der Waals surface area (Å²) in [5, 5.41) is 2.85. The lowest BCUT2D eigenvalue weighted by Crippen LogP contribution is -2.36. The molecule has 0 radical (unpaired) electrons. The summed E-state index contributed by atoms with van der Waals surface area (Å²) in [5.74, 6) is 1.42. The van der Waals surface area contributed by atoms with Crippen LogP contribution in [0.4, 0.5) is 10.6 Å². The molecule has 5 nitrogen and oxygen atoms in total. The highest BCUT2D eigenvalue weighted by molar-refractivity contribution is 9.10. The Balaban J connectivity index is 1.78. The number of amides is 1. The Bertz CT molecular complexity index is 485. The standard InChI is InChI=1S/C15H22BrN3O2/c1-15(2,3)21-14(20)18-8-11-6-7-19(10-11)13-5-4-12(16)9-17-13/h4-5,9,11H,6-8,10H2,1-3H3,(H,18,20)/t11-/m0/s1. The highest BCUT2D eigenvalue weighted by Gasteiger charge is 2.24. The molecular formula is C15H22BrN3O2. The topological polar surface area (TPSA) is 54.5 Å². The van der Waals surface area contributed by atoms with Gasteiger partial charge in [-0.15, -0.1) is 0 Å². The Morgan fingerprint density at radius 3 is 2.90 bits per heavy atom. The fraction of sp³-hybridized carbons (Fsp3) is 0.600. The monoisotopic (exact) mass is 355 g/mol. The number of aromatic nitrogens is 1. The van der Waals surface area contributed by atoms with Crippen LogP contribution in [0.1, 0.15) is 27.2 Å².